The van der Waals surface area contributed by atoms with E-state index >= 15 is 0 Å². The summed E-state index contributed by atoms with van der Waals surface area (Å²) in [7, 11) is 0. The van der Waals surface area contributed by atoms with Crippen LogP contribution >= 0.6 is 0 Å². The van der Waals surface area contributed by atoms with E-state index in [4.69, 9.17) is 14.0 Å². The van der Waals surface area contributed by atoms with Gasteiger partial charge in [-0.1, -0.05) is 5.16 Å². The lowest BCUT2D eigenvalue weighted by atomic mass is 9.92. The molecule has 0 spiro atoms. The zero-order valence-corrected chi connectivity index (χ0v) is 15.6. The molecular formula is C20H23N3O5. The van der Waals surface area contributed by atoms with Gasteiger partial charge in [-0.25, -0.2) is 0 Å². The number of rotatable bonds is 5. The van der Waals surface area contributed by atoms with Crippen LogP contribution in [0.2, 0.25) is 0 Å². The van der Waals surface area contributed by atoms with Crippen molar-refractivity contribution < 1.29 is 23.6 Å². The molecular weight excluding hydrogens is 362 g/mol. The van der Waals surface area contributed by atoms with Gasteiger partial charge in [0.15, 0.2) is 17.2 Å². The van der Waals surface area contributed by atoms with Crippen molar-refractivity contribution in [3.05, 3.63) is 36.2 Å². The Labute approximate surface area is 162 Å². The third kappa shape index (κ3) is 4.27. The summed E-state index contributed by atoms with van der Waals surface area (Å²) in [5.41, 5.74) is 1.06. The molecule has 3 heterocycles. The first-order valence-corrected chi connectivity index (χ1v) is 9.58. The van der Waals surface area contributed by atoms with Crippen LogP contribution in [-0.2, 0) is 4.79 Å². The molecule has 4 rings (SSSR count). The van der Waals surface area contributed by atoms with Gasteiger partial charge in [0.1, 0.15) is 19.5 Å². The Morgan fingerprint density at radius 1 is 1.11 bits per heavy atom. The maximum Gasteiger partial charge on any atom is 0.276 e. The molecule has 0 atom stereocenters. The van der Waals surface area contributed by atoms with Gasteiger partial charge in [0.2, 0.25) is 5.91 Å². The van der Waals surface area contributed by atoms with Crippen molar-refractivity contribution in [3.8, 4) is 11.5 Å². The third-order valence-corrected chi connectivity index (χ3v) is 5.16. The van der Waals surface area contributed by atoms with Crippen molar-refractivity contribution in [1.82, 2.24) is 10.1 Å². The summed E-state index contributed by atoms with van der Waals surface area (Å²) in [6.45, 7) is 2.42. The molecule has 0 bridgehead atoms. The zero-order chi connectivity index (χ0) is 19.3. The molecule has 0 radical (unpaired) electrons. The standard InChI is InChI=1S/C20H23N3O5/c24-19(21-15-2-3-17-18(13-15)27-12-11-26-17)4-1-14-5-8-23(9-6-14)20(25)16-7-10-28-22-16/h2-3,7,10,13-14H,1,4-6,8-9,11-12H2,(H,21,24). The molecule has 0 aliphatic carbocycles. The minimum Gasteiger partial charge on any atom is -0.486 e. The van der Waals surface area contributed by atoms with E-state index in [1.807, 2.05) is 12.1 Å². The highest BCUT2D eigenvalue weighted by molar-refractivity contribution is 5.92. The predicted octanol–water partition coefficient (Wildman–Crippen LogP) is 2.72. The van der Waals surface area contributed by atoms with Gasteiger partial charge in [-0.05, 0) is 37.3 Å². The zero-order valence-electron chi connectivity index (χ0n) is 15.6. The Balaban J connectivity index is 1.21. The number of carbonyl (C=O) groups excluding carboxylic acids is 2. The average Bonchev–Trinajstić information content (AvgIpc) is 3.27. The summed E-state index contributed by atoms with van der Waals surface area (Å²) in [6.07, 6.45) is 4.45. The summed E-state index contributed by atoms with van der Waals surface area (Å²) in [6, 6.07) is 7.00. The lowest BCUT2D eigenvalue weighted by Crippen LogP contribution is -2.38. The van der Waals surface area contributed by atoms with Gasteiger partial charge in [0.05, 0.1) is 0 Å². The Bertz CT molecular complexity index is 828. The van der Waals surface area contributed by atoms with Crippen LogP contribution in [0.25, 0.3) is 0 Å². The second kappa shape index (κ2) is 8.33. The first-order chi connectivity index (χ1) is 13.7. The topological polar surface area (TPSA) is 93.9 Å². The van der Waals surface area contributed by atoms with Crippen molar-refractivity contribution in [2.24, 2.45) is 5.92 Å². The van der Waals surface area contributed by atoms with Crippen molar-refractivity contribution in [1.29, 1.82) is 0 Å². The lowest BCUT2D eigenvalue weighted by Gasteiger charge is -2.31. The highest BCUT2D eigenvalue weighted by atomic mass is 16.6. The summed E-state index contributed by atoms with van der Waals surface area (Å²) >= 11 is 0. The molecule has 1 N–H and O–H groups in total. The van der Waals surface area contributed by atoms with E-state index in [1.54, 1.807) is 17.0 Å². The van der Waals surface area contributed by atoms with Crippen LogP contribution < -0.4 is 14.8 Å². The Kier molecular flexibility index (Phi) is 5.45. The molecule has 1 aromatic carbocycles. The summed E-state index contributed by atoms with van der Waals surface area (Å²) < 4.78 is 15.8. The van der Waals surface area contributed by atoms with E-state index in [1.165, 1.54) is 6.26 Å². The molecule has 28 heavy (non-hydrogen) atoms. The molecule has 1 saturated heterocycles. The number of nitrogens with one attached hydrogen (secondary N) is 1. The number of nitrogens with zero attached hydrogens (tertiary/aromatic N) is 2. The molecule has 1 aromatic heterocycles. The van der Waals surface area contributed by atoms with Crippen LogP contribution in [0.15, 0.2) is 35.1 Å². The second-order valence-electron chi connectivity index (χ2n) is 7.07. The number of aromatic nitrogens is 1. The molecule has 8 heteroatoms. The first-order valence-electron chi connectivity index (χ1n) is 9.58. The Morgan fingerprint density at radius 3 is 2.64 bits per heavy atom. The monoisotopic (exact) mass is 385 g/mol. The van der Waals surface area contributed by atoms with Crippen LogP contribution in [-0.4, -0.2) is 48.2 Å². The molecule has 2 amide bonds. The molecule has 2 aliphatic rings. The fourth-order valence-corrected chi connectivity index (χ4v) is 3.59. The summed E-state index contributed by atoms with van der Waals surface area (Å²) in [5.74, 6) is 1.69. The van der Waals surface area contributed by atoms with Crippen LogP contribution in [0.4, 0.5) is 5.69 Å². The third-order valence-electron chi connectivity index (χ3n) is 5.16. The fraction of sp³-hybridized carbons (Fsp3) is 0.450. The van der Waals surface area contributed by atoms with Gasteiger partial charge in [-0.15, -0.1) is 0 Å². The van der Waals surface area contributed by atoms with E-state index in [0.29, 0.717) is 61.5 Å². The van der Waals surface area contributed by atoms with E-state index in [9.17, 15) is 9.59 Å². The molecule has 0 saturated carbocycles. The van der Waals surface area contributed by atoms with Gasteiger partial charge in [0, 0.05) is 37.3 Å². The minimum atomic E-state index is -0.0939. The van der Waals surface area contributed by atoms with E-state index in [2.05, 4.69) is 10.5 Å². The number of likely N-dealkylation sites (tertiary alicyclic amines) is 1. The maximum absolute atomic E-state index is 12.3. The second-order valence-corrected chi connectivity index (χ2v) is 7.07. The highest BCUT2D eigenvalue weighted by Crippen LogP contribution is 2.32. The number of fused-ring (bicyclic) bond motifs is 1. The number of piperidine rings is 1. The van der Waals surface area contributed by atoms with Crippen molar-refractivity contribution >= 4 is 17.5 Å². The molecule has 148 valence electrons. The van der Waals surface area contributed by atoms with Crippen LogP contribution in [0.1, 0.15) is 36.2 Å². The van der Waals surface area contributed by atoms with Gasteiger partial charge in [-0.3, -0.25) is 9.59 Å². The number of amides is 2. The van der Waals surface area contributed by atoms with Crippen molar-refractivity contribution in [2.75, 3.05) is 31.6 Å². The number of anilines is 1. The molecule has 0 unspecified atom stereocenters. The SMILES string of the molecule is O=C(CCC1CCN(C(=O)c2ccon2)CC1)Nc1ccc2c(c1)OCCO2. The van der Waals surface area contributed by atoms with E-state index in [0.717, 1.165) is 19.3 Å². The molecule has 8 nitrogen and oxygen atoms in total. The van der Waals surface area contributed by atoms with Crippen molar-refractivity contribution in [2.45, 2.75) is 25.7 Å². The average molecular weight is 385 g/mol. The van der Waals surface area contributed by atoms with Crippen molar-refractivity contribution in [3.63, 3.8) is 0 Å². The fourth-order valence-electron chi connectivity index (χ4n) is 3.59. The number of carbonyl (C=O) groups is 2. The maximum atomic E-state index is 12.3. The molecule has 2 aliphatic heterocycles. The number of hydrogen-bond acceptors (Lipinski definition) is 6. The quantitative estimate of drug-likeness (QED) is 0.851. The van der Waals surface area contributed by atoms with Crippen LogP contribution in [0.5, 0.6) is 11.5 Å². The van der Waals surface area contributed by atoms with E-state index in [-0.39, 0.29) is 11.8 Å². The van der Waals surface area contributed by atoms with Crippen LogP contribution in [0, 0.1) is 5.92 Å². The van der Waals surface area contributed by atoms with Gasteiger partial charge >= 0.3 is 0 Å². The normalized spacial score (nSPS) is 16.6. The number of benzene rings is 1. The summed E-state index contributed by atoms with van der Waals surface area (Å²) in [4.78, 5) is 26.3. The summed E-state index contributed by atoms with van der Waals surface area (Å²) in [5, 5.41) is 6.62. The van der Waals surface area contributed by atoms with Gasteiger partial charge in [-0.2, -0.15) is 0 Å². The van der Waals surface area contributed by atoms with E-state index < -0.39 is 0 Å². The van der Waals surface area contributed by atoms with Crippen LogP contribution in [0.3, 0.4) is 0 Å². The molecule has 2 aromatic rings. The minimum absolute atomic E-state index is 0.0159. The largest absolute Gasteiger partial charge is 0.486 e. The van der Waals surface area contributed by atoms with Gasteiger partial charge in [0.25, 0.3) is 5.91 Å². The Morgan fingerprint density at radius 2 is 1.89 bits per heavy atom. The van der Waals surface area contributed by atoms with Gasteiger partial charge < -0.3 is 24.2 Å². The Hall–Kier alpha value is -3.03. The lowest BCUT2D eigenvalue weighted by molar-refractivity contribution is -0.116. The number of hydrogen-bond donors (Lipinski definition) is 1. The number of ether oxygens (including phenoxy) is 2. The highest BCUT2D eigenvalue weighted by Gasteiger charge is 2.25. The predicted molar refractivity (Wildman–Crippen MR) is 100 cm³/mol. The first kappa shape index (κ1) is 18.3. The smallest absolute Gasteiger partial charge is 0.276 e. The molecule has 1 fully saturated rings.